The van der Waals surface area contributed by atoms with Gasteiger partial charge in [0, 0.05) is 36.9 Å². The van der Waals surface area contributed by atoms with Gasteiger partial charge in [-0.3, -0.25) is 9.59 Å². The van der Waals surface area contributed by atoms with Crippen LogP contribution in [0.1, 0.15) is 35.2 Å². The van der Waals surface area contributed by atoms with Crippen LogP contribution in [0.15, 0.2) is 30.9 Å². The molecule has 0 bridgehead atoms. The van der Waals surface area contributed by atoms with Crippen molar-refractivity contribution in [3.8, 4) is 0 Å². The number of carbonyl (C=O) groups is 2. The van der Waals surface area contributed by atoms with Crippen LogP contribution in [0, 0.1) is 0 Å². The Hall–Kier alpha value is -2.14. The van der Waals surface area contributed by atoms with Crippen molar-refractivity contribution in [1.82, 2.24) is 9.80 Å². The maximum Gasteiger partial charge on any atom is 0.253 e. The molecule has 134 valence electrons. The number of likely N-dealkylation sites (tertiary alicyclic amines) is 1. The van der Waals surface area contributed by atoms with E-state index < -0.39 is 0 Å². The maximum atomic E-state index is 12.9. The fraction of sp³-hybridized carbons (Fsp3) is 0.500. The normalized spacial score (nSPS) is 20.4. The van der Waals surface area contributed by atoms with Crippen LogP contribution in [-0.4, -0.2) is 61.4 Å². The zero-order chi connectivity index (χ0) is 18.0. The molecule has 1 aromatic carbocycles. The second-order valence-corrected chi connectivity index (χ2v) is 7.15. The molecule has 2 aliphatic rings. The van der Waals surface area contributed by atoms with E-state index in [0.717, 1.165) is 55.6 Å². The molecule has 0 spiro atoms. The first-order valence-corrected chi connectivity index (χ1v) is 9.04. The first-order valence-electron chi connectivity index (χ1n) is 9.04. The molecule has 0 aliphatic carbocycles. The lowest BCUT2D eigenvalue weighted by molar-refractivity contribution is -0.114. The third-order valence-corrected chi connectivity index (χ3v) is 5.30. The lowest BCUT2D eigenvalue weighted by atomic mass is 9.97. The number of rotatable bonds is 3. The van der Waals surface area contributed by atoms with E-state index in [-0.39, 0.29) is 11.8 Å². The van der Waals surface area contributed by atoms with Crippen molar-refractivity contribution < 1.29 is 9.59 Å². The molecule has 25 heavy (non-hydrogen) atoms. The minimum Gasteiger partial charge on any atom is -0.337 e. The zero-order valence-electron chi connectivity index (χ0n) is 15.2. The zero-order valence-corrected chi connectivity index (χ0v) is 15.2. The van der Waals surface area contributed by atoms with Crippen molar-refractivity contribution in [1.29, 1.82) is 0 Å². The molecule has 1 fully saturated rings. The summed E-state index contributed by atoms with van der Waals surface area (Å²) in [6.07, 6.45) is 5.35. The number of carbonyl (C=O) groups excluding carboxylic acids is 2. The van der Waals surface area contributed by atoms with Gasteiger partial charge in [-0.1, -0.05) is 6.58 Å². The molecule has 0 radical (unpaired) electrons. The van der Waals surface area contributed by atoms with Crippen LogP contribution < -0.4 is 4.90 Å². The molecule has 1 atom stereocenters. The summed E-state index contributed by atoms with van der Waals surface area (Å²) in [5.74, 6) is 0.0198. The predicted octanol–water partition coefficient (Wildman–Crippen LogP) is 2.32. The third-order valence-electron chi connectivity index (χ3n) is 5.30. The predicted molar refractivity (Wildman–Crippen MR) is 99.9 cm³/mol. The number of benzene rings is 1. The summed E-state index contributed by atoms with van der Waals surface area (Å²) in [5.41, 5.74) is 2.72. The van der Waals surface area contributed by atoms with Crippen molar-refractivity contribution in [2.75, 3.05) is 38.6 Å². The number of hydrogen-bond acceptors (Lipinski definition) is 3. The molecule has 5 heteroatoms. The average Bonchev–Trinajstić information content (AvgIpc) is 2.65. The minimum absolute atomic E-state index is 0.0788. The number of aryl methyl sites for hydroxylation is 1. The van der Waals surface area contributed by atoms with Crippen LogP contribution in [0.2, 0.25) is 0 Å². The van der Waals surface area contributed by atoms with Gasteiger partial charge < -0.3 is 14.7 Å². The second-order valence-electron chi connectivity index (χ2n) is 7.15. The maximum absolute atomic E-state index is 12.9. The highest BCUT2D eigenvalue weighted by molar-refractivity contribution is 6.02. The van der Waals surface area contributed by atoms with Gasteiger partial charge in [0.25, 0.3) is 5.91 Å². The summed E-state index contributed by atoms with van der Waals surface area (Å²) in [6.45, 7) is 5.89. The van der Waals surface area contributed by atoms with E-state index in [9.17, 15) is 9.59 Å². The van der Waals surface area contributed by atoms with E-state index in [1.807, 2.05) is 23.1 Å². The van der Waals surface area contributed by atoms with Crippen LogP contribution in [0.25, 0.3) is 0 Å². The first-order chi connectivity index (χ1) is 12.0. The highest BCUT2D eigenvalue weighted by Gasteiger charge is 2.27. The van der Waals surface area contributed by atoms with Gasteiger partial charge in [-0.15, -0.1) is 0 Å². The minimum atomic E-state index is -0.0788. The monoisotopic (exact) mass is 341 g/mol. The van der Waals surface area contributed by atoms with Gasteiger partial charge in [0.2, 0.25) is 5.91 Å². The number of fused-ring (bicyclic) bond motifs is 1. The molecule has 0 N–H and O–H groups in total. The molecule has 1 saturated heterocycles. The number of amides is 2. The molecular formula is C20H27N3O2. The smallest absolute Gasteiger partial charge is 0.253 e. The molecule has 1 aromatic rings. The molecule has 2 aliphatic heterocycles. The van der Waals surface area contributed by atoms with Crippen molar-refractivity contribution in [2.45, 2.75) is 31.7 Å². The third kappa shape index (κ3) is 3.61. The number of piperidine rings is 1. The van der Waals surface area contributed by atoms with Crippen LogP contribution in [-0.2, 0) is 11.2 Å². The lowest BCUT2D eigenvalue weighted by Gasteiger charge is -2.36. The molecule has 1 unspecified atom stereocenters. The molecule has 0 aromatic heterocycles. The summed E-state index contributed by atoms with van der Waals surface area (Å²) in [5, 5.41) is 0. The molecule has 5 nitrogen and oxygen atoms in total. The molecule has 0 saturated carbocycles. The Morgan fingerprint density at radius 2 is 2.04 bits per heavy atom. The Kier molecular flexibility index (Phi) is 5.23. The van der Waals surface area contributed by atoms with Gasteiger partial charge in [-0.25, -0.2) is 0 Å². The Labute approximate surface area is 149 Å². The number of nitrogens with zero attached hydrogens (tertiary/aromatic N) is 3. The SMILES string of the molecule is C=CC(=O)N1CCCc2cc(C(=O)N3CCCC(N(C)C)C3)ccc21. The fourth-order valence-corrected chi connectivity index (χ4v) is 3.81. The summed E-state index contributed by atoms with van der Waals surface area (Å²) in [4.78, 5) is 30.9. The van der Waals surface area contributed by atoms with Crippen molar-refractivity contribution >= 4 is 17.5 Å². The van der Waals surface area contributed by atoms with Gasteiger partial charge in [0.05, 0.1) is 0 Å². The second kappa shape index (κ2) is 7.40. The standard InChI is InChI=1S/C20H27N3O2/c1-4-19(24)23-12-5-7-15-13-16(9-10-18(15)23)20(25)22-11-6-8-17(14-22)21(2)3/h4,9-10,13,17H,1,5-8,11-12,14H2,2-3H3. The highest BCUT2D eigenvalue weighted by Crippen LogP contribution is 2.29. The summed E-state index contributed by atoms with van der Waals surface area (Å²) in [6, 6.07) is 6.17. The molecule has 2 amide bonds. The fourth-order valence-electron chi connectivity index (χ4n) is 3.81. The number of hydrogen-bond donors (Lipinski definition) is 0. The Balaban J connectivity index is 1.81. The van der Waals surface area contributed by atoms with Gasteiger partial charge in [0.1, 0.15) is 0 Å². The topological polar surface area (TPSA) is 43.9 Å². The van der Waals surface area contributed by atoms with E-state index in [2.05, 4.69) is 25.6 Å². The molecule has 2 heterocycles. The molecule has 3 rings (SSSR count). The highest BCUT2D eigenvalue weighted by atomic mass is 16.2. The van der Waals surface area contributed by atoms with Crippen LogP contribution in [0.3, 0.4) is 0 Å². The Morgan fingerprint density at radius 3 is 2.76 bits per heavy atom. The van der Waals surface area contributed by atoms with Gasteiger partial charge in [-0.05, 0) is 69.6 Å². The van der Waals surface area contributed by atoms with Gasteiger partial charge in [0.15, 0.2) is 0 Å². The summed E-state index contributed by atoms with van der Waals surface area (Å²) in [7, 11) is 4.14. The van der Waals surface area contributed by atoms with Gasteiger partial charge in [-0.2, -0.15) is 0 Å². The van der Waals surface area contributed by atoms with Crippen molar-refractivity contribution in [3.63, 3.8) is 0 Å². The largest absolute Gasteiger partial charge is 0.337 e. The van der Waals surface area contributed by atoms with E-state index in [4.69, 9.17) is 0 Å². The Morgan fingerprint density at radius 1 is 1.24 bits per heavy atom. The molecular weight excluding hydrogens is 314 g/mol. The van der Waals surface area contributed by atoms with E-state index in [1.54, 1.807) is 4.90 Å². The van der Waals surface area contributed by atoms with E-state index >= 15 is 0 Å². The Bertz CT molecular complexity index is 684. The number of anilines is 1. The van der Waals surface area contributed by atoms with Gasteiger partial charge >= 0.3 is 0 Å². The average molecular weight is 341 g/mol. The van der Waals surface area contributed by atoms with Crippen LogP contribution >= 0.6 is 0 Å². The summed E-state index contributed by atoms with van der Waals surface area (Å²) >= 11 is 0. The lowest BCUT2D eigenvalue weighted by Crippen LogP contribution is -2.47. The van der Waals surface area contributed by atoms with Crippen LogP contribution in [0.5, 0.6) is 0 Å². The number of likely N-dealkylation sites (N-methyl/N-ethyl adjacent to an activating group) is 1. The van der Waals surface area contributed by atoms with E-state index in [1.165, 1.54) is 6.08 Å². The quantitative estimate of drug-likeness (QED) is 0.793. The van der Waals surface area contributed by atoms with Crippen molar-refractivity contribution in [2.24, 2.45) is 0 Å². The summed E-state index contributed by atoms with van der Waals surface area (Å²) < 4.78 is 0. The van der Waals surface area contributed by atoms with Crippen molar-refractivity contribution in [3.05, 3.63) is 42.0 Å². The van der Waals surface area contributed by atoms with E-state index in [0.29, 0.717) is 12.6 Å². The van der Waals surface area contributed by atoms with Crippen LogP contribution in [0.4, 0.5) is 5.69 Å². The first kappa shape index (κ1) is 17.7.